The predicted octanol–water partition coefficient (Wildman–Crippen LogP) is 6.02. The molecule has 0 spiro atoms. The minimum absolute atomic E-state index is 0.197. The molecule has 0 radical (unpaired) electrons. The molecule has 0 fully saturated rings. The van der Waals surface area contributed by atoms with E-state index in [0.717, 1.165) is 28.3 Å². The van der Waals surface area contributed by atoms with Gasteiger partial charge in [-0.3, -0.25) is 0 Å². The third-order valence-electron chi connectivity index (χ3n) is 6.08. The van der Waals surface area contributed by atoms with Crippen LogP contribution in [0.2, 0.25) is 0 Å². The van der Waals surface area contributed by atoms with Crippen molar-refractivity contribution < 1.29 is 14.3 Å². The number of rotatable bonds is 5. The number of fused-ring (bicyclic) bond motifs is 3. The second kappa shape index (κ2) is 9.35. The van der Waals surface area contributed by atoms with Gasteiger partial charge in [0.15, 0.2) is 0 Å². The number of hydrogen-bond donors (Lipinski definition) is 1. The van der Waals surface area contributed by atoms with Gasteiger partial charge in [0.05, 0.1) is 37.7 Å². The number of hydrogen-bond acceptors (Lipinski definition) is 3. The molecule has 1 aromatic heterocycles. The van der Waals surface area contributed by atoms with Gasteiger partial charge < -0.3 is 24.3 Å². The van der Waals surface area contributed by atoms with Crippen molar-refractivity contribution in [1.29, 1.82) is 0 Å². The maximum absolute atomic E-state index is 13.9. The monoisotopic (exact) mass is 453 g/mol. The van der Waals surface area contributed by atoms with E-state index in [1.807, 2.05) is 78.6 Å². The van der Waals surface area contributed by atoms with Gasteiger partial charge in [0.1, 0.15) is 11.5 Å². The summed E-state index contributed by atoms with van der Waals surface area (Å²) >= 11 is 0. The van der Waals surface area contributed by atoms with Crippen LogP contribution in [0, 0.1) is 0 Å². The first kappa shape index (κ1) is 21.6. The highest BCUT2D eigenvalue weighted by atomic mass is 16.5. The Morgan fingerprint density at radius 3 is 2.53 bits per heavy atom. The van der Waals surface area contributed by atoms with E-state index in [1.165, 1.54) is 0 Å². The first-order valence-corrected chi connectivity index (χ1v) is 11.4. The van der Waals surface area contributed by atoms with Crippen LogP contribution >= 0.6 is 0 Å². The number of methoxy groups -OCH3 is 1. The van der Waals surface area contributed by atoms with E-state index < -0.39 is 0 Å². The van der Waals surface area contributed by atoms with Gasteiger partial charge in [0, 0.05) is 11.9 Å². The van der Waals surface area contributed by atoms with Crippen molar-refractivity contribution in [2.45, 2.75) is 19.5 Å². The first-order chi connectivity index (χ1) is 16.7. The third-order valence-corrected chi connectivity index (χ3v) is 6.08. The van der Waals surface area contributed by atoms with Crippen molar-refractivity contribution >= 4 is 11.7 Å². The molecule has 2 amide bonds. The number of ether oxygens (including phenoxy) is 2. The topological polar surface area (TPSA) is 55.7 Å². The highest BCUT2D eigenvalue weighted by molar-refractivity contribution is 5.91. The molecule has 0 saturated heterocycles. The van der Waals surface area contributed by atoms with Crippen LogP contribution in [0.15, 0.2) is 91.1 Å². The molecule has 2 heterocycles. The Morgan fingerprint density at radius 1 is 0.971 bits per heavy atom. The van der Waals surface area contributed by atoms with E-state index in [1.54, 1.807) is 7.11 Å². The number of carbonyl (C=O) groups excluding carboxylic acids is 1. The predicted molar refractivity (Wildman–Crippen MR) is 133 cm³/mol. The van der Waals surface area contributed by atoms with E-state index in [9.17, 15) is 4.79 Å². The number of anilines is 1. The summed E-state index contributed by atoms with van der Waals surface area (Å²) in [6, 6.07) is 27.2. The fraction of sp³-hybridized carbons (Fsp3) is 0.179. The van der Waals surface area contributed by atoms with Crippen LogP contribution in [-0.4, -0.2) is 29.2 Å². The largest absolute Gasteiger partial charge is 0.497 e. The molecule has 1 aliphatic heterocycles. The standard InChI is InChI=1S/C28H27N3O3/c1-3-34-26-13-7-5-10-23(26)29-28(32)31-19-21-9-4-6-11-24(21)30-18-8-12-25(30)27(31)20-14-16-22(33-2)17-15-20/h4-18,27H,3,19H2,1-2H3,(H,29,32)/t27-/m0/s1. The van der Waals surface area contributed by atoms with Crippen LogP contribution in [-0.2, 0) is 6.54 Å². The zero-order chi connectivity index (χ0) is 23.5. The number of urea groups is 1. The average molecular weight is 454 g/mol. The third kappa shape index (κ3) is 3.99. The Morgan fingerprint density at radius 2 is 1.74 bits per heavy atom. The Labute approximate surface area is 199 Å². The van der Waals surface area contributed by atoms with Gasteiger partial charge in [-0.05, 0) is 60.5 Å². The zero-order valence-electron chi connectivity index (χ0n) is 19.3. The molecule has 1 aliphatic rings. The van der Waals surface area contributed by atoms with E-state index in [2.05, 4.69) is 34.3 Å². The number of amides is 2. The normalized spacial score (nSPS) is 14.5. The van der Waals surface area contributed by atoms with Crippen LogP contribution in [0.3, 0.4) is 0 Å². The van der Waals surface area contributed by atoms with E-state index >= 15 is 0 Å². The maximum atomic E-state index is 13.9. The Balaban J connectivity index is 1.60. The number of benzene rings is 3. The van der Waals surface area contributed by atoms with Crippen molar-refractivity contribution in [2.75, 3.05) is 19.0 Å². The van der Waals surface area contributed by atoms with Crippen molar-refractivity contribution in [3.63, 3.8) is 0 Å². The molecule has 34 heavy (non-hydrogen) atoms. The zero-order valence-corrected chi connectivity index (χ0v) is 19.3. The molecule has 5 rings (SSSR count). The average Bonchev–Trinajstić information content (AvgIpc) is 3.30. The molecule has 0 aliphatic carbocycles. The van der Waals surface area contributed by atoms with Crippen LogP contribution < -0.4 is 14.8 Å². The summed E-state index contributed by atoms with van der Waals surface area (Å²) in [6.07, 6.45) is 2.05. The number of aromatic nitrogens is 1. The van der Waals surface area contributed by atoms with Crippen LogP contribution in [0.25, 0.3) is 5.69 Å². The molecule has 3 aromatic carbocycles. The number of nitrogens with one attached hydrogen (secondary N) is 1. The fourth-order valence-electron chi connectivity index (χ4n) is 4.51. The summed E-state index contributed by atoms with van der Waals surface area (Å²) in [6.45, 7) is 2.90. The fourth-order valence-corrected chi connectivity index (χ4v) is 4.51. The molecule has 1 atom stereocenters. The molecule has 0 saturated carbocycles. The molecule has 0 bridgehead atoms. The van der Waals surface area contributed by atoms with Gasteiger partial charge in [0.25, 0.3) is 0 Å². The number of nitrogens with zero attached hydrogens (tertiary/aromatic N) is 2. The SMILES string of the molecule is CCOc1ccccc1NC(=O)N1Cc2ccccc2-n2cccc2[C@@H]1c1ccc(OC)cc1. The minimum Gasteiger partial charge on any atom is -0.497 e. The molecule has 6 heteroatoms. The lowest BCUT2D eigenvalue weighted by atomic mass is 10.0. The Bertz CT molecular complexity index is 1300. The highest BCUT2D eigenvalue weighted by Gasteiger charge is 2.33. The smallest absolute Gasteiger partial charge is 0.323 e. The van der Waals surface area contributed by atoms with Crippen LogP contribution in [0.1, 0.15) is 29.8 Å². The summed E-state index contributed by atoms with van der Waals surface area (Å²) in [7, 11) is 1.65. The number of carbonyl (C=O) groups is 1. The molecule has 172 valence electrons. The summed E-state index contributed by atoms with van der Waals surface area (Å²) in [5.74, 6) is 1.43. The highest BCUT2D eigenvalue weighted by Crippen LogP contribution is 2.37. The molecule has 6 nitrogen and oxygen atoms in total. The quantitative estimate of drug-likeness (QED) is 0.402. The van der Waals surface area contributed by atoms with E-state index in [-0.39, 0.29) is 12.1 Å². The van der Waals surface area contributed by atoms with Crippen molar-refractivity contribution in [3.05, 3.63) is 108 Å². The van der Waals surface area contributed by atoms with E-state index in [4.69, 9.17) is 9.47 Å². The molecular formula is C28H27N3O3. The molecular weight excluding hydrogens is 426 g/mol. The first-order valence-electron chi connectivity index (χ1n) is 11.4. The Kier molecular flexibility index (Phi) is 5.95. The summed E-state index contributed by atoms with van der Waals surface area (Å²) < 4.78 is 13.3. The van der Waals surface area contributed by atoms with Gasteiger partial charge in [-0.25, -0.2) is 4.79 Å². The van der Waals surface area contributed by atoms with Gasteiger partial charge in [-0.15, -0.1) is 0 Å². The minimum atomic E-state index is -0.299. The van der Waals surface area contributed by atoms with Gasteiger partial charge in [0.2, 0.25) is 0 Å². The Hall–Kier alpha value is -4.19. The second-order valence-electron chi connectivity index (χ2n) is 8.09. The second-order valence-corrected chi connectivity index (χ2v) is 8.09. The van der Waals surface area contributed by atoms with Crippen molar-refractivity contribution in [1.82, 2.24) is 9.47 Å². The lowest BCUT2D eigenvalue weighted by molar-refractivity contribution is 0.194. The van der Waals surface area contributed by atoms with Crippen molar-refractivity contribution in [2.24, 2.45) is 0 Å². The number of para-hydroxylation sites is 3. The molecule has 4 aromatic rings. The molecule has 1 N–H and O–H groups in total. The lowest BCUT2D eigenvalue weighted by Gasteiger charge is -2.31. The van der Waals surface area contributed by atoms with Crippen LogP contribution in [0.5, 0.6) is 11.5 Å². The summed E-state index contributed by atoms with van der Waals surface area (Å²) in [5.41, 5.74) is 4.82. The van der Waals surface area contributed by atoms with Crippen molar-refractivity contribution in [3.8, 4) is 17.2 Å². The summed E-state index contributed by atoms with van der Waals surface area (Å²) in [4.78, 5) is 15.7. The molecule has 0 unspecified atom stereocenters. The summed E-state index contributed by atoms with van der Waals surface area (Å²) in [5, 5.41) is 3.10. The lowest BCUT2D eigenvalue weighted by Crippen LogP contribution is -2.38. The van der Waals surface area contributed by atoms with Gasteiger partial charge >= 0.3 is 6.03 Å². The maximum Gasteiger partial charge on any atom is 0.323 e. The van der Waals surface area contributed by atoms with E-state index in [0.29, 0.717) is 24.6 Å². The van der Waals surface area contributed by atoms with Gasteiger partial charge in [-0.2, -0.15) is 0 Å². The van der Waals surface area contributed by atoms with Gasteiger partial charge in [-0.1, -0.05) is 42.5 Å². The van der Waals surface area contributed by atoms with Crippen LogP contribution in [0.4, 0.5) is 10.5 Å².